The van der Waals surface area contributed by atoms with Gasteiger partial charge in [-0.2, -0.15) is 0 Å². The summed E-state index contributed by atoms with van der Waals surface area (Å²) in [5, 5.41) is 5.55. The summed E-state index contributed by atoms with van der Waals surface area (Å²) in [4.78, 5) is 11.5. The molecule has 0 aliphatic heterocycles. The Hall–Kier alpha value is -1.33. The first-order valence-corrected chi connectivity index (χ1v) is 7.09. The Morgan fingerprint density at radius 1 is 1.38 bits per heavy atom. The Labute approximate surface area is 130 Å². The molecule has 118 valence electrons. The molecule has 0 saturated heterocycles. The van der Waals surface area contributed by atoms with E-state index in [0.717, 1.165) is 25.7 Å². The van der Waals surface area contributed by atoms with Gasteiger partial charge < -0.3 is 15.4 Å². The second kappa shape index (κ2) is 8.85. The van der Waals surface area contributed by atoms with Gasteiger partial charge in [0.1, 0.15) is 0 Å². The molecule has 1 aromatic carbocycles. The van der Waals surface area contributed by atoms with Crippen molar-refractivity contribution in [1.82, 2.24) is 5.32 Å². The predicted molar refractivity (Wildman–Crippen MR) is 83.7 cm³/mol. The van der Waals surface area contributed by atoms with Crippen LogP contribution in [0.1, 0.15) is 32.1 Å². The molecule has 0 bridgehead atoms. The lowest BCUT2D eigenvalue weighted by Gasteiger charge is -2.14. The van der Waals surface area contributed by atoms with Crippen molar-refractivity contribution < 1.29 is 13.9 Å². The van der Waals surface area contributed by atoms with Crippen molar-refractivity contribution in [3.63, 3.8) is 0 Å². The lowest BCUT2D eigenvalue weighted by atomic mass is 10.2. The molecule has 0 atom stereocenters. The van der Waals surface area contributed by atoms with Crippen LogP contribution < -0.4 is 15.4 Å². The highest BCUT2D eigenvalue weighted by Gasteiger charge is 2.18. The van der Waals surface area contributed by atoms with Crippen LogP contribution in [0.3, 0.4) is 0 Å². The van der Waals surface area contributed by atoms with Gasteiger partial charge in [0.05, 0.1) is 6.10 Å². The fourth-order valence-electron chi connectivity index (χ4n) is 2.32. The third-order valence-corrected chi connectivity index (χ3v) is 3.41. The van der Waals surface area contributed by atoms with Gasteiger partial charge in [-0.1, -0.05) is 0 Å². The predicted octanol–water partition coefficient (Wildman–Crippen LogP) is 3.12. The van der Waals surface area contributed by atoms with Crippen molar-refractivity contribution in [3.05, 3.63) is 24.0 Å². The van der Waals surface area contributed by atoms with Crippen LogP contribution in [0, 0.1) is 5.82 Å². The standard InChI is InChI=1S/C15H21FN2O2.ClH/c1-17-9-8-15(19)18-11-6-7-14(13(16)10-11)20-12-4-2-3-5-12;/h6-7,10,12,17H,2-5,8-9H2,1H3,(H,18,19);1H. The van der Waals surface area contributed by atoms with E-state index in [4.69, 9.17) is 4.74 Å². The van der Waals surface area contributed by atoms with Crippen LogP contribution in [0.5, 0.6) is 5.75 Å². The van der Waals surface area contributed by atoms with E-state index in [1.54, 1.807) is 19.2 Å². The topological polar surface area (TPSA) is 50.4 Å². The van der Waals surface area contributed by atoms with Crippen molar-refractivity contribution in [2.24, 2.45) is 0 Å². The summed E-state index contributed by atoms with van der Waals surface area (Å²) in [5.74, 6) is -0.295. The Bertz CT molecular complexity index is 465. The average Bonchev–Trinajstić information content (AvgIpc) is 2.92. The number of rotatable bonds is 6. The molecule has 0 heterocycles. The molecule has 2 N–H and O–H groups in total. The van der Waals surface area contributed by atoms with Crippen LogP contribution in [-0.2, 0) is 4.79 Å². The molecule has 1 aliphatic carbocycles. The molecule has 2 rings (SSSR count). The van der Waals surface area contributed by atoms with E-state index in [-0.39, 0.29) is 30.2 Å². The van der Waals surface area contributed by atoms with E-state index in [2.05, 4.69) is 10.6 Å². The highest BCUT2D eigenvalue weighted by atomic mass is 35.5. The number of hydrogen-bond acceptors (Lipinski definition) is 3. The van der Waals surface area contributed by atoms with Crippen LogP contribution in [0.25, 0.3) is 0 Å². The molecule has 0 unspecified atom stereocenters. The molecule has 1 saturated carbocycles. The van der Waals surface area contributed by atoms with E-state index < -0.39 is 5.82 Å². The van der Waals surface area contributed by atoms with Gasteiger partial charge in [-0.15, -0.1) is 12.4 Å². The summed E-state index contributed by atoms with van der Waals surface area (Å²) in [5.41, 5.74) is 0.461. The summed E-state index contributed by atoms with van der Waals surface area (Å²) in [6.45, 7) is 0.594. The van der Waals surface area contributed by atoms with E-state index >= 15 is 0 Å². The Kier molecular flexibility index (Phi) is 7.47. The minimum atomic E-state index is -0.427. The third-order valence-electron chi connectivity index (χ3n) is 3.41. The Morgan fingerprint density at radius 3 is 2.71 bits per heavy atom. The molecule has 0 spiro atoms. The van der Waals surface area contributed by atoms with E-state index in [1.165, 1.54) is 6.07 Å². The van der Waals surface area contributed by atoms with Crippen LogP contribution in [0.2, 0.25) is 0 Å². The van der Waals surface area contributed by atoms with E-state index in [9.17, 15) is 9.18 Å². The zero-order valence-electron chi connectivity index (χ0n) is 12.2. The van der Waals surface area contributed by atoms with Gasteiger partial charge in [-0.05, 0) is 44.9 Å². The number of anilines is 1. The minimum absolute atomic E-state index is 0. The second-order valence-electron chi connectivity index (χ2n) is 5.07. The van der Waals surface area contributed by atoms with Gasteiger partial charge in [0, 0.05) is 24.7 Å². The quantitative estimate of drug-likeness (QED) is 0.848. The number of carbonyl (C=O) groups is 1. The second-order valence-corrected chi connectivity index (χ2v) is 5.07. The SMILES string of the molecule is CNCCC(=O)Nc1ccc(OC2CCCC2)c(F)c1.Cl. The maximum absolute atomic E-state index is 13.9. The first-order chi connectivity index (χ1) is 9.69. The number of carbonyl (C=O) groups excluding carboxylic acids is 1. The largest absolute Gasteiger partial charge is 0.487 e. The molecule has 1 aliphatic rings. The van der Waals surface area contributed by atoms with Crippen LogP contribution in [0.15, 0.2) is 18.2 Å². The Balaban J connectivity index is 0.00000220. The van der Waals surface area contributed by atoms with E-state index in [1.807, 2.05) is 0 Å². The van der Waals surface area contributed by atoms with Crippen LogP contribution in [0.4, 0.5) is 10.1 Å². The fourth-order valence-corrected chi connectivity index (χ4v) is 2.32. The lowest BCUT2D eigenvalue weighted by Crippen LogP contribution is -2.18. The van der Waals surface area contributed by atoms with Crippen LogP contribution >= 0.6 is 12.4 Å². The minimum Gasteiger partial charge on any atom is -0.487 e. The number of amides is 1. The zero-order chi connectivity index (χ0) is 14.4. The van der Waals surface area contributed by atoms with Gasteiger partial charge in [0.2, 0.25) is 5.91 Å². The van der Waals surface area contributed by atoms with Crippen molar-refractivity contribution >= 4 is 24.0 Å². The van der Waals surface area contributed by atoms with Crippen molar-refractivity contribution in [3.8, 4) is 5.75 Å². The van der Waals surface area contributed by atoms with Gasteiger partial charge in [-0.25, -0.2) is 4.39 Å². The summed E-state index contributed by atoms with van der Waals surface area (Å²) in [6, 6.07) is 4.56. The number of nitrogens with one attached hydrogen (secondary N) is 2. The van der Waals surface area contributed by atoms with Gasteiger partial charge in [-0.3, -0.25) is 4.79 Å². The van der Waals surface area contributed by atoms with Crippen molar-refractivity contribution in [2.45, 2.75) is 38.2 Å². The van der Waals surface area contributed by atoms with Gasteiger partial charge >= 0.3 is 0 Å². The summed E-state index contributed by atoms with van der Waals surface area (Å²) >= 11 is 0. The summed E-state index contributed by atoms with van der Waals surface area (Å²) in [7, 11) is 1.78. The van der Waals surface area contributed by atoms with Gasteiger partial charge in [0.15, 0.2) is 11.6 Å². The molecule has 1 aromatic rings. The van der Waals surface area contributed by atoms with Crippen molar-refractivity contribution in [2.75, 3.05) is 18.9 Å². The molecular weight excluding hydrogens is 295 g/mol. The molecule has 21 heavy (non-hydrogen) atoms. The lowest BCUT2D eigenvalue weighted by molar-refractivity contribution is -0.116. The first kappa shape index (κ1) is 17.7. The van der Waals surface area contributed by atoms with Gasteiger partial charge in [0.25, 0.3) is 0 Å². The maximum Gasteiger partial charge on any atom is 0.225 e. The number of halogens is 2. The molecule has 6 heteroatoms. The average molecular weight is 317 g/mol. The number of ether oxygens (including phenoxy) is 1. The number of hydrogen-bond donors (Lipinski definition) is 2. The third kappa shape index (κ3) is 5.52. The summed E-state index contributed by atoms with van der Waals surface area (Å²) in [6.07, 6.45) is 4.75. The smallest absolute Gasteiger partial charge is 0.225 e. The monoisotopic (exact) mass is 316 g/mol. The summed E-state index contributed by atoms with van der Waals surface area (Å²) < 4.78 is 19.6. The normalized spacial score (nSPS) is 14.6. The molecule has 0 radical (unpaired) electrons. The maximum atomic E-state index is 13.9. The first-order valence-electron chi connectivity index (χ1n) is 7.09. The fraction of sp³-hybridized carbons (Fsp3) is 0.533. The highest BCUT2D eigenvalue weighted by molar-refractivity contribution is 5.90. The Morgan fingerprint density at radius 2 is 2.10 bits per heavy atom. The molecule has 0 aromatic heterocycles. The van der Waals surface area contributed by atoms with Crippen LogP contribution in [-0.4, -0.2) is 25.6 Å². The molecule has 4 nitrogen and oxygen atoms in total. The number of benzene rings is 1. The molecule has 1 fully saturated rings. The molecular formula is C15H22ClFN2O2. The highest BCUT2D eigenvalue weighted by Crippen LogP contribution is 2.27. The van der Waals surface area contributed by atoms with E-state index in [0.29, 0.717) is 18.7 Å². The zero-order valence-corrected chi connectivity index (χ0v) is 13.0. The molecule has 1 amide bonds. The van der Waals surface area contributed by atoms with Crippen molar-refractivity contribution in [1.29, 1.82) is 0 Å².